The lowest BCUT2D eigenvalue weighted by Crippen LogP contribution is -2.11. The minimum absolute atomic E-state index is 0.166. The van der Waals surface area contributed by atoms with E-state index >= 15 is 0 Å². The summed E-state index contributed by atoms with van der Waals surface area (Å²) < 4.78 is 1.07. The molecule has 7 nitrogen and oxygen atoms in total. The molecule has 13 heavy (non-hydrogen) atoms. The molecule has 70 valence electrons. The lowest BCUT2D eigenvalue weighted by molar-refractivity contribution is -0.385. The van der Waals surface area contributed by atoms with Crippen LogP contribution in [0.25, 0.3) is 0 Å². The monoisotopic (exact) mass is 185 g/mol. The number of nitro groups is 1. The maximum atomic E-state index is 10.3. The number of aromatic nitrogens is 2. The Morgan fingerprint density at radius 3 is 2.85 bits per heavy atom. The molecule has 0 spiro atoms. The van der Waals surface area contributed by atoms with Crippen molar-refractivity contribution in [3.05, 3.63) is 22.0 Å². The van der Waals surface area contributed by atoms with Crippen molar-refractivity contribution in [1.29, 1.82) is 0 Å². The Kier molecular flexibility index (Phi) is 2.27. The van der Waals surface area contributed by atoms with Gasteiger partial charge in [-0.25, -0.2) is 0 Å². The van der Waals surface area contributed by atoms with Gasteiger partial charge < -0.3 is 5.11 Å². The van der Waals surface area contributed by atoms with Crippen molar-refractivity contribution in [3.63, 3.8) is 0 Å². The number of carboxylic acids is 1. The fourth-order valence-electron chi connectivity index (χ4n) is 0.903. The van der Waals surface area contributed by atoms with Crippen LogP contribution in [0.15, 0.2) is 6.20 Å². The molecule has 0 bridgehead atoms. The van der Waals surface area contributed by atoms with Gasteiger partial charge in [-0.1, -0.05) is 0 Å². The highest BCUT2D eigenvalue weighted by Crippen LogP contribution is 2.15. The molecular formula is C6H7N3O4. The molecule has 0 unspecified atom stereocenters. The van der Waals surface area contributed by atoms with Crippen LogP contribution in [0.4, 0.5) is 5.69 Å². The fourth-order valence-corrected chi connectivity index (χ4v) is 0.903. The van der Waals surface area contributed by atoms with E-state index in [0.29, 0.717) is 0 Å². The number of hydrogen-bond donors (Lipinski definition) is 1. The van der Waals surface area contributed by atoms with Gasteiger partial charge in [0.25, 0.3) is 0 Å². The van der Waals surface area contributed by atoms with Crippen LogP contribution >= 0.6 is 0 Å². The maximum Gasteiger partial charge on any atom is 0.325 e. The van der Waals surface area contributed by atoms with Gasteiger partial charge in [-0.3, -0.25) is 19.6 Å². The quantitative estimate of drug-likeness (QED) is 0.535. The Balaban J connectivity index is 2.99. The summed E-state index contributed by atoms with van der Waals surface area (Å²) in [5.74, 6) is -1.08. The molecule has 0 saturated carbocycles. The Bertz CT molecular complexity index is 357. The van der Waals surface area contributed by atoms with Gasteiger partial charge in [-0.05, 0) is 6.92 Å². The highest BCUT2D eigenvalue weighted by atomic mass is 16.6. The average molecular weight is 185 g/mol. The molecule has 0 aliphatic heterocycles. The minimum atomic E-state index is -1.08. The van der Waals surface area contributed by atoms with Gasteiger partial charge in [0, 0.05) is 0 Å². The highest BCUT2D eigenvalue weighted by molar-refractivity contribution is 5.66. The minimum Gasteiger partial charge on any atom is -0.480 e. The Morgan fingerprint density at radius 1 is 1.85 bits per heavy atom. The van der Waals surface area contributed by atoms with Crippen LogP contribution < -0.4 is 0 Å². The summed E-state index contributed by atoms with van der Waals surface area (Å²) in [5, 5.41) is 22.3. The van der Waals surface area contributed by atoms with Crippen LogP contribution in [0, 0.1) is 17.0 Å². The lowest BCUT2D eigenvalue weighted by Gasteiger charge is -1.97. The predicted molar refractivity (Wildman–Crippen MR) is 41.3 cm³/mol. The lowest BCUT2D eigenvalue weighted by atomic mass is 10.4. The van der Waals surface area contributed by atoms with Crippen molar-refractivity contribution in [2.75, 3.05) is 0 Å². The Morgan fingerprint density at radius 2 is 2.46 bits per heavy atom. The van der Waals surface area contributed by atoms with E-state index in [1.54, 1.807) is 0 Å². The van der Waals surface area contributed by atoms with Crippen molar-refractivity contribution in [2.24, 2.45) is 0 Å². The van der Waals surface area contributed by atoms with E-state index in [9.17, 15) is 14.9 Å². The molecule has 0 saturated heterocycles. The molecule has 0 radical (unpaired) electrons. The number of aliphatic carboxylic acids is 1. The van der Waals surface area contributed by atoms with Crippen LogP contribution in [0.2, 0.25) is 0 Å². The predicted octanol–water partition coefficient (Wildman–Crippen LogP) is 0.184. The van der Waals surface area contributed by atoms with E-state index in [2.05, 4.69) is 5.10 Å². The molecule has 1 heterocycles. The molecule has 0 fully saturated rings. The first-order valence-electron chi connectivity index (χ1n) is 3.41. The normalized spacial score (nSPS) is 9.92. The van der Waals surface area contributed by atoms with E-state index in [0.717, 1.165) is 10.9 Å². The van der Waals surface area contributed by atoms with Crippen molar-refractivity contribution >= 4 is 11.7 Å². The second-order valence-electron chi connectivity index (χ2n) is 2.42. The molecule has 1 rings (SSSR count). The second kappa shape index (κ2) is 3.21. The maximum absolute atomic E-state index is 10.3. The van der Waals surface area contributed by atoms with Gasteiger partial charge in [0.1, 0.15) is 18.4 Å². The van der Waals surface area contributed by atoms with Crippen molar-refractivity contribution < 1.29 is 14.8 Å². The fraction of sp³-hybridized carbons (Fsp3) is 0.333. The topological polar surface area (TPSA) is 98.3 Å². The van der Waals surface area contributed by atoms with Gasteiger partial charge in [0.2, 0.25) is 0 Å². The van der Waals surface area contributed by atoms with Crippen molar-refractivity contribution in [2.45, 2.75) is 13.5 Å². The summed E-state index contributed by atoms with van der Waals surface area (Å²) in [7, 11) is 0. The molecule has 0 atom stereocenters. The second-order valence-corrected chi connectivity index (χ2v) is 2.42. The third-order valence-electron chi connectivity index (χ3n) is 1.56. The molecule has 1 N–H and O–H groups in total. The molecule has 1 aromatic rings. The van der Waals surface area contributed by atoms with E-state index in [1.807, 2.05) is 0 Å². The molecule has 0 amide bonds. The Hall–Kier alpha value is -1.92. The summed E-state index contributed by atoms with van der Waals surface area (Å²) in [6, 6.07) is 0. The first-order chi connectivity index (χ1) is 6.02. The number of carboxylic acid groups (broad SMARTS) is 1. The molecule has 1 aromatic heterocycles. The summed E-state index contributed by atoms with van der Waals surface area (Å²) in [4.78, 5) is 20.0. The third kappa shape index (κ3) is 1.81. The van der Waals surface area contributed by atoms with Crippen LogP contribution in [0.3, 0.4) is 0 Å². The average Bonchev–Trinajstić information content (AvgIpc) is 2.32. The third-order valence-corrected chi connectivity index (χ3v) is 1.56. The molecule has 0 aliphatic rings. The number of carbonyl (C=O) groups is 1. The summed E-state index contributed by atoms with van der Waals surface area (Å²) in [6.45, 7) is 1.09. The van der Waals surface area contributed by atoms with Gasteiger partial charge >= 0.3 is 11.7 Å². The Labute approximate surface area is 72.7 Å². The zero-order chi connectivity index (χ0) is 10.0. The zero-order valence-electron chi connectivity index (χ0n) is 6.80. The molecular weight excluding hydrogens is 178 g/mol. The van der Waals surface area contributed by atoms with Gasteiger partial charge in [0.05, 0.1) is 4.92 Å². The van der Waals surface area contributed by atoms with Gasteiger partial charge in [-0.2, -0.15) is 5.10 Å². The van der Waals surface area contributed by atoms with E-state index in [4.69, 9.17) is 5.11 Å². The smallest absolute Gasteiger partial charge is 0.325 e. The van der Waals surface area contributed by atoms with Gasteiger partial charge in [0.15, 0.2) is 0 Å². The number of hydrogen-bond acceptors (Lipinski definition) is 4. The molecule has 0 aromatic carbocycles. The summed E-state index contributed by atoms with van der Waals surface area (Å²) in [6.07, 6.45) is 1.04. The standard InChI is InChI=1S/C6H7N3O4/c1-4-5(9(12)13)2-7-8(4)3-6(10)11/h2H,3H2,1H3,(H,10,11). The SMILES string of the molecule is Cc1c([N+](=O)[O-])cnn1CC(=O)O. The van der Waals surface area contributed by atoms with Crippen molar-refractivity contribution in [3.8, 4) is 0 Å². The van der Waals surface area contributed by atoms with Crippen LogP contribution in [-0.4, -0.2) is 25.8 Å². The largest absolute Gasteiger partial charge is 0.480 e. The molecule has 7 heteroatoms. The zero-order valence-corrected chi connectivity index (χ0v) is 6.80. The van der Waals surface area contributed by atoms with E-state index in [1.165, 1.54) is 6.92 Å². The highest BCUT2D eigenvalue weighted by Gasteiger charge is 2.17. The number of rotatable bonds is 3. The first-order valence-corrected chi connectivity index (χ1v) is 3.41. The first kappa shape index (κ1) is 9.17. The van der Waals surface area contributed by atoms with E-state index < -0.39 is 10.9 Å². The van der Waals surface area contributed by atoms with Gasteiger partial charge in [-0.15, -0.1) is 0 Å². The summed E-state index contributed by atoms with van der Waals surface area (Å²) >= 11 is 0. The summed E-state index contributed by atoms with van der Waals surface area (Å²) in [5.41, 5.74) is 0.0775. The molecule has 0 aliphatic carbocycles. The number of nitrogens with zero attached hydrogens (tertiary/aromatic N) is 3. The van der Waals surface area contributed by atoms with Crippen molar-refractivity contribution in [1.82, 2.24) is 9.78 Å². The van der Waals surface area contributed by atoms with Crippen LogP contribution in [0.5, 0.6) is 0 Å². The van der Waals surface area contributed by atoms with E-state index in [-0.39, 0.29) is 17.9 Å². The van der Waals surface area contributed by atoms with Crippen LogP contribution in [-0.2, 0) is 11.3 Å². The van der Waals surface area contributed by atoms with Crippen LogP contribution in [0.1, 0.15) is 5.69 Å².